The highest BCUT2D eigenvalue weighted by Crippen LogP contribution is 2.31. The molecule has 0 aliphatic carbocycles. The van der Waals surface area contributed by atoms with Crippen molar-refractivity contribution in [1.29, 1.82) is 0 Å². The number of hydrogen-bond acceptors (Lipinski definition) is 7. The summed E-state index contributed by atoms with van der Waals surface area (Å²) >= 11 is 0. The number of imidazole rings is 2. The zero-order chi connectivity index (χ0) is 14.6. The second kappa shape index (κ2) is 5.45. The molecular weight excluding hydrogens is 314 g/mol. The smallest absolute Gasteiger partial charge is 0.167 e. The molecular formula is C12H14ClN5O4. The first-order valence-corrected chi connectivity index (χ1v) is 6.47. The highest BCUT2D eigenvalue weighted by Gasteiger charge is 2.43. The van der Waals surface area contributed by atoms with Crippen molar-refractivity contribution in [1.82, 2.24) is 23.9 Å². The van der Waals surface area contributed by atoms with E-state index in [-0.39, 0.29) is 19.0 Å². The molecule has 0 spiro atoms. The third kappa shape index (κ3) is 1.98. The number of rotatable bonds is 2. The minimum atomic E-state index is -1.17. The molecule has 0 amide bonds. The van der Waals surface area contributed by atoms with Gasteiger partial charge in [0.1, 0.15) is 24.6 Å². The molecule has 0 saturated carbocycles. The van der Waals surface area contributed by atoms with E-state index >= 15 is 0 Å². The molecule has 1 aliphatic rings. The van der Waals surface area contributed by atoms with Crippen LogP contribution in [0.3, 0.4) is 0 Å². The molecule has 4 rings (SSSR count). The van der Waals surface area contributed by atoms with E-state index in [1.807, 2.05) is 0 Å². The van der Waals surface area contributed by atoms with Crippen LogP contribution in [-0.2, 0) is 4.74 Å². The van der Waals surface area contributed by atoms with Crippen LogP contribution in [0.4, 0.5) is 0 Å². The van der Waals surface area contributed by atoms with E-state index in [1.54, 1.807) is 23.1 Å². The van der Waals surface area contributed by atoms with Crippen LogP contribution >= 0.6 is 12.4 Å². The normalized spacial score (nSPS) is 28.3. The molecule has 4 atom stereocenters. The summed E-state index contributed by atoms with van der Waals surface area (Å²) in [6.07, 6.45) is 2.45. The molecule has 118 valence electrons. The Hall–Kier alpha value is -1.78. The lowest BCUT2D eigenvalue weighted by Gasteiger charge is -2.16. The van der Waals surface area contributed by atoms with Gasteiger partial charge in [-0.15, -0.1) is 12.4 Å². The van der Waals surface area contributed by atoms with Crippen molar-refractivity contribution in [3.05, 3.63) is 25.0 Å². The van der Waals surface area contributed by atoms with Gasteiger partial charge in [-0.3, -0.25) is 8.97 Å². The fourth-order valence-corrected chi connectivity index (χ4v) is 2.64. The fraction of sp³-hybridized carbons (Fsp3) is 0.417. The number of fused-ring (bicyclic) bond motifs is 3. The van der Waals surface area contributed by atoms with E-state index < -0.39 is 24.5 Å². The van der Waals surface area contributed by atoms with Gasteiger partial charge in [0.05, 0.1) is 12.9 Å². The predicted octanol–water partition coefficient (Wildman–Crippen LogP) is -0.888. The number of ether oxygens (including phenoxy) is 1. The van der Waals surface area contributed by atoms with Gasteiger partial charge in [-0.25, -0.2) is 15.0 Å². The molecule has 9 nitrogen and oxygen atoms in total. The lowest BCUT2D eigenvalue weighted by molar-refractivity contribution is -0.0511. The van der Waals surface area contributed by atoms with Gasteiger partial charge in [-0.2, -0.15) is 0 Å². The van der Waals surface area contributed by atoms with Gasteiger partial charge in [-0.1, -0.05) is 0 Å². The Morgan fingerprint density at radius 3 is 2.64 bits per heavy atom. The molecule has 0 radical (unpaired) electrons. The number of nitrogens with zero attached hydrogens (tertiary/aromatic N) is 5. The first-order chi connectivity index (χ1) is 10.2. The molecule has 3 N–H and O–H groups in total. The van der Waals surface area contributed by atoms with E-state index in [1.165, 1.54) is 10.9 Å². The molecule has 22 heavy (non-hydrogen) atoms. The van der Waals surface area contributed by atoms with E-state index in [2.05, 4.69) is 15.0 Å². The highest BCUT2D eigenvalue weighted by molar-refractivity contribution is 5.85. The molecule has 3 aromatic rings. The number of aliphatic hydroxyl groups excluding tert-OH is 3. The van der Waals surface area contributed by atoms with Crippen molar-refractivity contribution >= 4 is 29.2 Å². The number of aliphatic hydroxyl groups is 3. The lowest BCUT2D eigenvalue weighted by atomic mass is 10.1. The van der Waals surface area contributed by atoms with Crippen LogP contribution in [0.25, 0.3) is 16.8 Å². The van der Waals surface area contributed by atoms with Crippen LogP contribution in [-0.4, -0.2) is 64.2 Å². The largest absolute Gasteiger partial charge is 0.394 e. The first kappa shape index (κ1) is 15.1. The monoisotopic (exact) mass is 327 g/mol. The fourth-order valence-electron chi connectivity index (χ4n) is 2.64. The van der Waals surface area contributed by atoms with E-state index in [4.69, 9.17) is 9.84 Å². The maximum Gasteiger partial charge on any atom is 0.167 e. The zero-order valence-electron chi connectivity index (χ0n) is 11.2. The van der Waals surface area contributed by atoms with E-state index in [9.17, 15) is 10.2 Å². The summed E-state index contributed by atoms with van der Waals surface area (Å²) in [5.74, 6) is 0. The van der Waals surface area contributed by atoms with Crippen molar-refractivity contribution in [2.24, 2.45) is 0 Å². The minimum absolute atomic E-state index is 0. The van der Waals surface area contributed by atoms with Crippen molar-refractivity contribution in [3.8, 4) is 0 Å². The SMILES string of the molecule is Cl.OC[C@H]1O[C@@H](n2cnc3c2ncn2ccnc32)[C@H](O)[C@@H]1O. The summed E-state index contributed by atoms with van der Waals surface area (Å²) in [5.41, 5.74) is 1.70. The number of hydrogen-bond donors (Lipinski definition) is 3. The average Bonchev–Trinajstić information content (AvgIpc) is 3.17. The van der Waals surface area contributed by atoms with Crippen LogP contribution in [0.1, 0.15) is 6.23 Å². The lowest BCUT2D eigenvalue weighted by Crippen LogP contribution is -2.33. The van der Waals surface area contributed by atoms with Gasteiger partial charge in [0.2, 0.25) is 0 Å². The summed E-state index contributed by atoms with van der Waals surface area (Å²) in [6, 6.07) is 0. The standard InChI is InChI=1S/C12H13N5O4.ClH/c18-3-6-8(19)9(20)12(21-6)17-5-14-7-10-13-1-2-16(10)4-15-11(7)17;/h1-2,4-6,8-9,12,18-20H,3H2;1H/t6-,8-,9-,12-;/m1./s1. The third-order valence-electron chi connectivity index (χ3n) is 3.74. The molecule has 3 aromatic heterocycles. The van der Waals surface area contributed by atoms with Crippen LogP contribution in [0.5, 0.6) is 0 Å². The van der Waals surface area contributed by atoms with Crippen LogP contribution in [0.15, 0.2) is 25.0 Å². The molecule has 1 fully saturated rings. The number of halogens is 1. The molecule has 0 aromatic carbocycles. The molecule has 0 unspecified atom stereocenters. The van der Waals surface area contributed by atoms with Crippen molar-refractivity contribution in [2.45, 2.75) is 24.5 Å². The Balaban J connectivity index is 0.00000144. The van der Waals surface area contributed by atoms with Crippen LogP contribution in [0.2, 0.25) is 0 Å². The first-order valence-electron chi connectivity index (χ1n) is 6.47. The van der Waals surface area contributed by atoms with Gasteiger partial charge in [0, 0.05) is 12.4 Å². The summed E-state index contributed by atoms with van der Waals surface area (Å²) in [6.45, 7) is -0.376. The Morgan fingerprint density at radius 1 is 1.09 bits per heavy atom. The number of aromatic nitrogens is 5. The zero-order valence-corrected chi connectivity index (χ0v) is 12.0. The van der Waals surface area contributed by atoms with Crippen molar-refractivity contribution in [2.75, 3.05) is 6.61 Å². The Labute approximate surface area is 130 Å². The molecule has 1 aliphatic heterocycles. The minimum Gasteiger partial charge on any atom is -0.394 e. The Bertz CT molecular complexity index is 805. The van der Waals surface area contributed by atoms with Gasteiger partial charge >= 0.3 is 0 Å². The Morgan fingerprint density at radius 2 is 1.91 bits per heavy atom. The van der Waals surface area contributed by atoms with E-state index in [0.29, 0.717) is 16.8 Å². The van der Waals surface area contributed by atoms with Crippen molar-refractivity contribution < 1.29 is 20.1 Å². The maximum absolute atomic E-state index is 10.1. The second-order valence-electron chi connectivity index (χ2n) is 4.96. The van der Waals surface area contributed by atoms with Crippen LogP contribution in [0, 0.1) is 0 Å². The summed E-state index contributed by atoms with van der Waals surface area (Å²) in [7, 11) is 0. The summed E-state index contributed by atoms with van der Waals surface area (Å²) < 4.78 is 8.76. The average molecular weight is 328 g/mol. The quantitative estimate of drug-likeness (QED) is 0.559. The maximum atomic E-state index is 10.1. The second-order valence-corrected chi connectivity index (χ2v) is 4.96. The van der Waals surface area contributed by atoms with Crippen molar-refractivity contribution in [3.63, 3.8) is 0 Å². The topological polar surface area (TPSA) is 118 Å². The predicted molar refractivity (Wildman–Crippen MR) is 76.5 cm³/mol. The highest BCUT2D eigenvalue weighted by atomic mass is 35.5. The Kier molecular flexibility index (Phi) is 3.75. The molecule has 4 heterocycles. The summed E-state index contributed by atoms with van der Waals surface area (Å²) in [5, 5.41) is 29.1. The van der Waals surface area contributed by atoms with Gasteiger partial charge in [0.15, 0.2) is 23.0 Å². The molecule has 1 saturated heterocycles. The van der Waals surface area contributed by atoms with Crippen LogP contribution < -0.4 is 0 Å². The molecule has 10 heteroatoms. The molecule has 0 bridgehead atoms. The van der Waals surface area contributed by atoms with E-state index in [0.717, 1.165) is 0 Å². The van der Waals surface area contributed by atoms with Gasteiger partial charge < -0.3 is 20.1 Å². The summed E-state index contributed by atoms with van der Waals surface area (Å²) in [4.78, 5) is 12.7. The third-order valence-corrected chi connectivity index (χ3v) is 3.74. The van der Waals surface area contributed by atoms with Gasteiger partial charge in [-0.05, 0) is 0 Å². The van der Waals surface area contributed by atoms with Gasteiger partial charge in [0.25, 0.3) is 0 Å².